The third-order valence-electron chi connectivity index (χ3n) is 5.81. The maximum atomic E-state index is 13.1. The normalized spacial score (nSPS) is 29.3. The zero-order chi connectivity index (χ0) is 15.6. The minimum absolute atomic E-state index is 0.0307. The Kier molecular flexibility index (Phi) is 4.91. The van der Waals surface area contributed by atoms with E-state index in [1.807, 2.05) is 13.8 Å². The fourth-order valence-electron chi connectivity index (χ4n) is 4.17. The first kappa shape index (κ1) is 16.3. The quantitative estimate of drug-likeness (QED) is 0.812. The van der Waals surface area contributed by atoms with Crippen LogP contribution in [-0.2, 0) is 9.59 Å². The molecule has 3 N–H and O–H groups in total. The van der Waals surface area contributed by atoms with Crippen LogP contribution in [0.1, 0.15) is 58.8 Å². The molecule has 21 heavy (non-hydrogen) atoms. The SMILES string of the molecule is CCC(CC)(CN)C(=O)N1C(C(=O)O)CC2CCCCC21. The van der Waals surface area contributed by atoms with Gasteiger partial charge >= 0.3 is 5.97 Å². The minimum Gasteiger partial charge on any atom is -0.480 e. The Bertz CT molecular complexity index is 398. The van der Waals surface area contributed by atoms with Gasteiger partial charge in [-0.1, -0.05) is 26.7 Å². The van der Waals surface area contributed by atoms with E-state index in [-0.39, 0.29) is 11.9 Å². The number of carboxylic acid groups (broad SMARTS) is 1. The molecule has 0 aromatic heterocycles. The van der Waals surface area contributed by atoms with Crippen molar-refractivity contribution >= 4 is 11.9 Å². The summed E-state index contributed by atoms with van der Waals surface area (Å²) in [5.41, 5.74) is 5.29. The maximum Gasteiger partial charge on any atom is 0.326 e. The van der Waals surface area contributed by atoms with E-state index < -0.39 is 17.4 Å². The number of nitrogens with zero attached hydrogens (tertiary/aromatic N) is 1. The van der Waals surface area contributed by atoms with Crippen LogP contribution in [0.4, 0.5) is 0 Å². The number of amides is 1. The number of hydrogen-bond donors (Lipinski definition) is 2. The molecule has 1 aliphatic heterocycles. The molecule has 1 heterocycles. The predicted octanol–water partition coefficient (Wildman–Crippen LogP) is 2.00. The summed E-state index contributed by atoms with van der Waals surface area (Å²) in [5, 5.41) is 9.54. The highest BCUT2D eigenvalue weighted by molar-refractivity contribution is 5.88. The Morgan fingerprint density at radius 3 is 2.38 bits per heavy atom. The van der Waals surface area contributed by atoms with Crippen LogP contribution in [0, 0.1) is 11.3 Å². The highest BCUT2D eigenvalue weighted by Crippen LogP contribution is 2.42. The molecule has 3 unspecified atom stereocenters. The average Bonchev–Trinajstić information content (AvgIpc) is 2.89. The van der Waals surface area contributed by atoms with Crippen LogP contribution in [0.2, 0.25) is 0 Å². The summed E-state index contributed by atoms with van der Waals surface area (Å²) < 4.78 is 0. The molecule has 1 aliphatic carbocycles. The topological polar surface area (TPSA) is 83.6 Å². The first-order chi connectivity index (χ1) is 10.0. The van der Waals surface area contributed by atoms with Crippen molar-refractivity contribution in [3.63, 3.8) is 0 Å². The molecule has 0 aromatic rings. The second-order valence-corrected chi connectivity index (χ2v) is 6.61. The lowest BCUT2D eigenvalue weighted by molar-refractivity contribution is -0.155. The van der Waals surface area contributed by atoms with Crippen molar-refractivity contribution < 1.29 is 14.7 Å². The molecule has 5 nitrogen and oxygen atoms in total. The van der Waals surface area contributed by atoms with Gasteiger partial charge in [-0.25, -0.2) is 4.79 Å². The lowest BCUT2D eigenvalue weighted by Gasteiger charge is -2.40. The molecule has 1 saturated carbocycles. The van der Waals surface area contributed by atoms with Crippen LogP contribution < -0.4 is 5.73 Å². The second kappa shape index (κ2) is 6.34. The van der Waals surface area contributed by atoms with E-state index in [0.717, 1.165) is 25.7 Å². The number of carboxylic acids is 1. The van der Waals surface area contributed by atoms with Crippen molar-refractivity contribution in [1.29, 1.82) is 0 Å². The van der Waals surface area contributed by atoms with Gasteiger partial charge in [-0.05, 0) is 38.0 Å². The van der Waals surface area contributed by atoms with Crippen molar-refractivity contribution in [2.24, 2.45) is 17.1 Å². The third-order valence-corrected chi connectivity index (χ3v) is 5.81. The van der Waals surface area contributed by atoms with Crippen molar-refractivity contribution in [2.45, 2.75) is 70.9 Å². The maximum absolute atomic E-state index is 13.1. The molecule has 0 bridgehead atoms. The smallest absolute Gasteiger partial charge is 0.326 e. The number of rotatable bonds is 5. The number of carbonyl (C=O) groups is 2. The number of fused-ring (bicyclic) bond motifs is 1. The van der Waals surface area contributed by atoms with E-state index in [9.17, 15) is 14.7 Å². The standard InChI is InChI=1S/C16H28N2O3/c1-3-16(4-2,10-17)15(21)18-12-8-6-5-7-11(12)9-13(18)14(19)20/h11-13H,3-10,17H2,1-2H3,(H,19,20). The molecule has 3 atom stereocenters. The summed E-state index contributed by atoms with van der Waals surface area (Å²) in [6, 6.07) is -0.550. The Balaban J connectivity index is 2.32. The zero-order valence-corrected chi connectivity index (χ0v) is 13.2. The van der Waals surface area contributed by atoms with Gasteiger partial charge in [0.05, 0.1) is 5.41 Å². The van der Waals surface area contributed by atoms with Gasteiger partial charge in [-0.15, -0.1) is 0 Å². The van der Waals surface area contributed by atoms with E-state index in [2.05, 4.69) is 0 Å². The third kappa shape index (κ3) is 2.68. The Hall–Kier alpha value is -1.10. The number of nitrogens with two attached hydrogens (primary N) is 1. The van der Waals surface area contributed by atoms with Crippen LogP contribution in [0.3, 0.4) is 0 Å². The molecule has 0 spiro atoms. The highest BCUT2D eigenvalue weighted by Gasteiger charge is 2.51. The summed E-state index contributed by atoms with van der Waals surface area (Å²) in [6.07, 6.45) is 6.17. The van der Waals surface area contributed by atoms with Gasteiger partial charge in [0.1, 0.15) is 6.04 Å². The van der Waals surface area contributed by atoms with Gasteiger partial charge in [0.15, 0.2) is 0 Å². The molecular formula is C16H28N2O3. The number of aliphatic carboxylic acids is 1. The first-order valence-electron chi connectivity index (χ1n) is 8.26. The number of hydrogen-bond acceptors (Lipinski definition) is 3. The van der Waals surface area contributed by atoms with Gasteiger partial charge in [-0.2, -0.15) is 0 Å². The molecule has 0 radical (unpaired) electrons. The predicted molar refractivity (Wildman–Crippen MR) is 80.7 cm³/mol. The largest absolute Gasteiger partial charge is 0.480 e. The van der Waals surface area contributed by atoms with Gasteiger partial charge in [0.25, 0.3) is 0 Å². The number of likely N-dealkylation sites (tertiary alicyclic amines) is 1. The number of carbonyl (C=O) groups excluding carboxylic acids is 1. The van der Waals surface area contributed by atoms with E-state index in [1.165, 1.54) is 0 Å². The Morgan fingerprint density at radius 1 is 1.24 bits per heavy atom. The summed E-state index contributed by atoms with van der Waals surface area (Å²) in [4.78, 5) is 26.4. The van der Waals surface area contributed by atoms with E-state index in [1.54, 1.807) is 4.90 Å². The van der Waals surface area contributed by atoms with E-state index in [4.69, 9.17) is 5.73 Å². The van der Waals surface area contributed by atoms with Crippen LogP contribution in [-0.4, -0.2) is 40.5 Å². The molecule has 2 fully saturated rings. The summed E-state index contributed by atoms with van der Waals surface area (Å²) in [5.74, 6) is -0.541. The van der Waals surface area contributed by atoms with Gasteiger partial charge in [-0.3, -0.25) is 4.79 Å². The molecule has 2 rings (SSSR count). The fourth-order valence-corrected chi connectivity index (χ4v) is 4.17. The molecule has 2 aliphatic rings. The average molecular weight is 296 g/mol. The molecule has 5 heteroatoms. The monoisotopic (exact) mass is 296 g/mol. The van der Waals surface area contributed by atoms with Crippen molar-refractivity contribution in [3.8, 4) is 0 Å². The molecule has 1 saturated heterocycles. The van der Waals surface area contributed by atoms with Gasteiger partial charge in [0.2, 0.25) is 5.91 Å². The van der Waals surface area contributed by atoms with E-state index >= 15 is 0 Å². The fraction of sp³-hybridized carbons (Fsp3) is 0.875. The van der Waals surface area contributed by atoms with Crippen LogP contribution in [0.5, 0.6) is 0 Å². The van der Waals surface area contributed by atoms with Crippen molar-refractivity contribution in [2.75, 3.05) is 6.54 Å². The lowest BCUT2D eigenvalue weighted by atomic mass is 9.79. The summed E-state index contributed by atoms with van der Waals surface area (Å²) in [6.45, 7) is 4.23. The lowest BCUT2D eigenvalue weighted by Crippen LogP contribution is -2.54. The van der Waals surface area contributed by atoms with Gasteiger partial charge < -0.3 is 15.7 Å². The van der Waals surface area contributed by atoms with Crippen LogP contribution in [0.25, 0.3) is 0 Å². The summed E-state index contributed by atoms with van der Waals surface area (Å²) in [7, 11) is 0. The first-order valence-corrected chi connectivity index (χ1v) is 8.26. The Labute approximate surface area is 126 Å². The van der Waals surface area contributed by atoms with Gasteiger partial charge in [0, 0.05) is 12.6 Å². The second-order valence-electron chi connectivity index (χ2n) is 6.61. The minimum atomic E-state index is -0.865. The van der Waals surface area contributed by atoms with Crippen LogP contribution >= 0.6 is 0 Å². The molecule has 0 aromatic carbocycles. The van der Waals surface area contributed by atoms with Crippen molar-refractivity contribution in [3.05, 3.63) is 0 Å². The van der Waals surface area contributed by atoms with E-state index in [0.29, 0.717) is 31.7 Å². The molecule has 120 valence electrons. The molecular weight excluding hydrogens is 268 g/mol. The Morgan fingerprint density at radius 2 is 1.86 bits per heavy atom. The van der Waals surface area contributed by atoms with Crippen molar-refractivity contribution in [1.82, 2.24) is 4.90 Å². The highest BCUT2D eigenvalue weighted by atomic mass is 16.4. The molecule has 1 amide bonds. The summed E-state index contributed by atoms with van der Waals surface area (Å²) >= 11 is 0. The zero-order valence-electron chi connectivity index (χ0n) is 13.2. The van der Waals surface area contributed by atoms with Crippen LogP contribution in [0.15, 0.2) is 0 Å².